The van der Waals surface area contributed by atoms with Gasteiger partial charge in [-0.05, 0) is 54.8 Å². The van der Waals surface area contributed by atoms with Crippen molar-refractivity contribution in [2.75, 3.05) is 33.1 Å². The average Bonchev–Trinajstić information content (AvgIpc) is 2.52. The van der Waals surface area contributed by atoms with Crippen molar-refractivity contribution >= 4 is 11.8 Å². The zero-order chi connectivity index (χ0) is 15.1. The summed E-state index contributed by atoms with van der Waals surface area (Å²) in [7, 11) is 3.51. The number of aryl methyl sites for hydroxylation is 1. The van der Waals surface area contributed by atoms with E-state index in [0.29, 0.717) is 11.3 Å². The van der Waals surface area contributed by atoms with Crippen molar-refractivity contribution < 1.29 is 9.47 Å². The first kappa shape index (κ1) is 16.7. The van der Waals surface area contributed by atoms with Crippen molar-refractivity contribution in [3.8, 4) is 5.75 Å². The Morgan fingerprint density at radius 3 is 2.90 bits per heavy atom. The number of thioether (sulfide) groups is 1. The first-order valence-electron chi connectivity index (χ1n) is 7.80. The van der Waals surface area contributed by atoms with Crippen molar-refractivity contribution in [3.63, 3.8) is 0 Å². The largest absolute Gasteiger partial charge is 0.497 e. The highest BCUT2D eigenvalue weighted by Gasteiger charge is 2.29. The third-order valence-electron chi connectivity index (χ3n) is 4.01. The maximum absolute atomic E-state index is 5.40. The molecule has 0 aromatic heterocycles. The van der Waals surface area contributed by atoms with Crippen molar-refractivity contribution in [1.82, 2.24) is 5.32 Å². The lowest BCUT2D eigenvalue weighted by Gasteiger charge is -2.34. The number of nitrogens with one attached hydrogen (secondary N) is 1. The second-order valence-corrected chi connectivity index (χ2v) is 6.74. The number of hydrogen-bond donors (Lipinski definition) is 1. The molecule has 0 radical (unpaired) electrons. The normalized spacial score (nSPS) is 21.1. The number of ether oxygens (including phenoxy) is 2. The van der Waals surface area contributed by atoms with Gasteiger partial charge in [-0.15, -0.1) is 0 Å². The van der Waals surface area contributed by atoms with Crippen LogP contribution in [0.3, 0.4) is 0 Å². The monoisotopic (exact) mass is 309 g/mol. The highest BCUT2D eigenvalue weighted by molar-refractivity contribution is 7.99. The van der Waals surface area contributed by atoms with Crippen molar-refractivity contribution in [2.24, 2.45) is 0 Å². The van der Waals surface area contributed by atoms with Crippen LogP contribution in [0.2, 0.25) is 0 Å². The fraction of sp³-hybridized carbons (Fsp3) is 0.647. The Bertz CT molecular complexity index is 439. The molecule has 2 atom stereocenters. The number of methoxy groups -OCH3 is 2. The Morgan fingerprint density at radius 2 is 2.19 bits per heavy atom. The van der Waals surface area contributed by atoms with Crippen LogP contribution >= 0.6 is 11.8 Å². The van der Waals surface area contributed by atoms with E-state index in [1.165, 1.54) is 29.7 Å². The molecule has 0 aliphatic heterocycles. The summed E-state index contributed by atoms with van der Waals surface area (Å²) in [6, 6.07) is 6.95. The third-order valence-corrected chi connectivity index (χ3v) is 5.47. The maximum Gasteiger partial charge on any atom is 0.119 e. The van der Waals surface area contributed by atoms with Crippen molar-refractivity contribution in [2.45, 2.75) is 37.5 Å². The Labute approximate surface area is 132 Å². The molecule has 1 aromatic carbocycles. The van der Waals surface area contributed by atoms with Crippen LogP contribution in [0, 0.1) is 0 Å². The van der Waals surface area contributed by atoms with Crippen LogP contribution in [0.15, 0.2) is 18.2 Å². The second kappa shape index (κ2) is 8.66. The zero-order valence-corrected chi connectivity index (χ0v) is 14.2. The Balaban J connectivity index is 2.09. The quantitative estimate of drug-likeness (QED) is 0.745. The second-order valence-electron chi connectivity index (χ2n) is 5.39. The molecule has 0 amide bonds. The lowest BCUT2D eigenvalue weighted by molar-refractivity contribution is 0.200. The van der Waals surface area contributed by atoms with E-state index in [-0.39, 0.29) is 0 Å². The Hall–Kier alpha value is -0.710. The molecule has 1 aromatic rings. The minimum atomic E-state index is 0.432. The van der Waals surface area contributed by atoms with Gasteiger partial charge in [-0.3, -0.25) is 0 Å². The molecule has 2 unspecified atom stereocenters. The summed E-state index contributed by atoms with van der Waals surface area (Å²) in [6.07, 6.45) is 3.54. The average molecular weight is 309 g/mol. The fourth-order valence-electron chi connectivity index (χ4n) is 2.96. The van der Waals surface area contributed by atoms with E-state index < -0.39 is 0 Å². The molecule has 0 fully saturated rings. The minimum absolute atomic E-state index is 0.432. The summed E-state index contributed by atoms with van der Waals surface area (Å²) >= 11 is 2.08. The van der Waals surface area contributed by atoms with Gasteiger partial charge in [0.1, 0.15) is 5.75 Å². The van der Waals surface area contributed by atoms with E-state index in [4.69, 9.17) is 9.47 Å². The first-order valence-corrected chi connectivity index (χ1v) is 8.85. The molecule has 0 heterocycles. The molecule has 0 saturated carbocycles. The molecule has 4 heteroatoms. The molecule has 3 nitrogen and oxygen atoms in total. The number of benzene rings is 1. The number of fused-ring (bicyclic) bond motifs is 1. The summed E-state index contributed by atoms with van der Waals surface area (Å²) in [5, 5.41) is 4.32. The summed E-state index contributed by atoms with van der Waals surface area (Å²) in [5.41, 5.74) is 2.89. The standard InChI is InChI=1S/C17H27NO2S/c1-4-18-17-15-12-14(20-3)8-6-13(15)7-9-16(17)21-11-5-10-19-2/h6,8,12,16-18H,4-5,7,9-11H2,1-3H3. The van der Waals surface area contributed by atoms with Crippen LogP contribution in [-0.4, -0.2) is 38.4 Å². The molecule has 1 aliphatic rings. The molecule has 2 rings (SSSR count). The predicted octanol–water partition coefficient (Wildman–Crippen LogP) is 3.43. The SMILES string of the molecule is CCNC1c2cc(OC)ccc2CCC1SCCCOC. The van der Waals surface area contributed by atoms with Gasteiger partial charge in [-0.2, -0.15) is 11.8 Å². The van der Waals surface area contributed by atoms with Gasteiger partial charge in [0.2, 0.25) is 0 Å². The molecule has 0 bridgehead atoms. The van der Waals surface area contributed by atoms with Gasteiger partial charge >= 0.3 is 0 Å². The van der Waals surface area contributed by atoms with E-state index >= 15 is 0 Å². The van der Waals surface area contributed by atoms with Crippen LogP contribution in [-0.2, 0) is 11.2 Å². The van der Waals surface area contributed by atoms with Crippen LogP contribution in [0.1, 0.15) is 36.9 Å². The third kappa shape index (κ3) is 4.38. The smallest absolute Gasteiger partial charge is 0.119 e. The van der Waals surface area contributed by atoms with E-state index in [1.807, 2.05) is 0 Å². The van der Waals surface area contributed by atoms with E-state index in [0.717, 1.165) is 25.3 Å². The van der Waals surface area contributed by atoms with E-state index in [9.17, 15) is 0 Å². The Kier molecular flexibility index (Phi) is 6.87. The van der Waals surface area contributed by atoms with Gasteiger partial charge in [0.25, 0.3) is 0 Å². The highest BCUT2D eigenvalue weighted by Crippen LogP contribution is 2.38. The molecule has 21 heavy (non-hydrogen) atoms. The molecule has 0 spiro atoms. The van der Waals surface area contributed by atoms with Crippen molar-refractivity contribution in [3.05, 3.63) is 29.3 Å². The topological polar surface area (TPSA) is 30.5 Å². The zero-order valence-electron chi connectivity index (χ0n) is 13.4. The molecule has 0 saturated heterocycles. The number of hydrogen-bond acceptors (Lipinski definition) is 4. The fourth-order valence-corrected chi connectivity index (χ4v) is 4.27. The summed E-state index contributed by atoms with van der Waals surface area (Å²) in [4.78, 5) is 0. The van der Waals surface area contributed by atoms with Gasteiger partial charge < -0.3 is 14.8 Å². The van der Waals surface area contributed by atoms with Crippen molar-refractivity contribution in [1.29, 1.82) is 0 Å². The molecular formula is C17H27NO2S. The summed E-state index contributed by atoms with van der Waals surface area (Å²) in [6.45, 7) is 4.04. The minimum Gasteiger partial charge on any atom is -0.497 e. The molecular weight excluding hydrogens is 282 g/mol. The van der Waals surface area contributed by atoms with Gasteiger partial charge in [0.15, 0.2) is 0 Å². The molecule has 1 aliphatic carbocycles. The van der Waals surface area contributed by atoms with Gasteiger partial charge in [0.05, 0.1) is 7.11 Å². The first-order chi connectivity index (χ1) is 10.3. The van der Waals surface area contributed by atoms with Crippen LogP contribution in [0.5, 0.6) is 5.75 Å². The van der Waals surface area contributed by atoms with E-state index in [1.54, 1.807) is 14.2 Å². The van der Waals surface area contributed by atoms with Crippen LogP contribution < -0.4 is 10.1 Å². The predicted molar refractivity (Wildman–Crippen MR) is 90.5 cm³/mol. The molecule has 118 valence electrons. The lowest BCUT2D eigenvalue weighted by atomic mass is 9.87. The van der Waals surface area contributed by atoms with Crippen LogP contribution in [0.4, 0.5) is 0 Å². The van der Waals surface area contributed by atoms with Gasteiger partial charge in [-0.25, -0.2) is 0 Å². The van der Waals surface area contributed by atoms with Gasteiger partial charge in [0, 0.05) is 25.0 Å². The highest BCUT2D eigenvalue weighted by atomic mass is 32.2. The van der Waals surface area contributed by atoms with Crippen LogP contribution in [0.25, 0.3) is 0 Å². The van der Waals surface area contributed by atoms with E-state index in [2.05, 4.69) is 42.2 Å². The Morgan fingerprint density at radius 1 is 1.33 bits per heavy atom. The van der Waals surface area contributed by atoms with Gasteiger partial charge in [-0.1, -0.05) is 13.0 Å². The lowest BCUT2D eigenvalue weighted by Crippen LogP contribution is -2.34. The maximum atomic E-state index is 5.40. The molecule has 1 N–H and O–H groups in total. The summed E-state index contributed by atoms with van der Waals surface area (Å²) in [5.74, 6) is 2.13. The summed E-state index contributed by atoms with van der Waals surface area (Å²) < 4.78 is 10.6. The number of rotatable bonds is 8.